The van der Waals surface area contributed by atoms with Crippen LogP contribution in [0.1, 0.15) is 81.0 Å². The number of piperidine rings is 1. The van der Waals surface area contributed by atoms with Crippen LogP contribution in [0, 0.1) is 17.3 Å². The predicted octanol–water partition coefficient (Wildman–Crippen LogP) is 12.9. The van der Waals surface area contributed by atoms with Gasteiger partial charge in [0, 0.05) is 52.7 Å². The molecule has 4 aromatic rings. The zero-order valence-corrected chi connectivity index (χ0v) is 34.4. The van der Waals surface area contributed by atoms with Gasteiger partial charge in [-0.25, -0.2) is 4.58 Å². The van der Waals surface area contributed by atoms with Gasteiger partial charge in [-0.15, -0.1) is 0 Å². The minimum atomic E-state index is -0.206. The van der Waals surface area contributed by atoms with Crippen molar-refractivity contribution in [3.63, 3.8) is 0 Å². The van der Waals surface area contributed by atoms with Crippen LogP contribution < -0.4 is 4.90 Å². The van der Waals surface area contributed by atoms with Crippen molar-refractivity contribution in [2.75, 3.05) is 4.90 Å². The molecule has 8 unspecified atom stereocenters. The molecule has 1 saturated heterocycles. The van der Waals surface area contributed by atoms with Crippen LogP contribution in [0.3, 0.4) is 0 Å². The quantitative estimate of drug-likeness (QED) is 0.149. The van der Waals surface area contributed by atoms with E-state index in [4.69, 9.17) is 4.42 Å². The average Bonchev–Trinajstić information content (AvgIpc) is 4.09. The highest BCUT2D eigenvalue weighted by Gasteiger charge is 2.74. The van der Waals surface area contributed by atoms with Gasteiger partial charge < -0.3 is 14.2 Å². The Labute approximate surface area is 353 Å². The third-order valence-electron chi connectivity index (χ3n) is 15.9. The fraction of sp³-hybridized carbons (Fsp3) is 0.268. The van der Waals surface area contributed by atoms with Crippen LogP contribution in [0.5, 0.6) is 0 Å². The zero-order valence-electron chi connectivity index (χ0n) is 34.4. The van der Waals surface area contributed by atoms with Crippen molar-refractivity contribution in [2.45, 2.75) is 75.7 Å². The summed E-state index contributed by atoms with van der Waals surface area (Å²) in [6.07, 6.45) is 43.6. The smallest absolute Gasteiger partial charge is 0.193 e. The Kier molecular flexibility index (Phi) is 7.34. The molecule has 5 heterocycles. The van der Waals surface area contributed by atoms with Crippen LogP contribution >= 0.6 is 0 Å². The molecule has 1 fully saturated rings. The minimum Gasteiger partial charge on any atom is -0.458 e. The van der Waals surface area contributed by atoms with E-state index in [1.54, 1.807) is 0 Å². The first-order chi connectivity index (χ1) is 29.5. The Morgan fingerprint density at radius 1 is 0.767 bits per heavy atom. The van der Waals surface area contributed by atoms with E-state index in [0.29, 0.717) is 23.8 Å². The topological polar surface area (TPSA) is 22.6 Å². The Morgan fingerprint density at radius 3 is 2.43 bits per heavy atom. The molecule has 9 aliphatic rings. The third-order valence-corrected chi connectivity index (χ3v) is 15.9. The first-order valence-electron chi connectivity index (χ1n) is 22.3. The highest BCUT2D eigenvalue weighted by molar-refractivity contribution is 5.87. The Morgan fingerprint density at radius 2 is 1.60 bits per heavy atom. The number of anilines is 1. The van der Waals surface area contributed by atoms with E-state index >= 15 is 0 Å². The summed E-state index contributed by atoms with van der Waals surface area (Å²) in [5.74, 6) is 2.31. The van der Waals surface area contributed by atoms with Crippen molar-refractivity contribution in [3.8, 4) is 11.1 Å². The first kappa shape index (κ1) is 34.7. The van der Waals surface area contributed by atoms with Crippen LogP contribution in [-0.2, 0) is 0 Å². The van der Waals surface area contributed by atoms with E-state index in [2.05, 4.69) is 198 Å². The Balaban J connectivity index is 0.973. The molecular formula is C56H50N3O+. The molecule has 0 bridgehead atoms. The van der Waals surface area contributed by atoms with Crippen molar-refractivity contribution < 1.29 is 8.99 Å². The highest BCUT2D eigenvalue weighted by atomic mass is 16.3. The van der Waals surface area contributed by atoms with Gasteiger partial charge in [-0.2, -0.15) is 0 Å². The van der Waals surface area contributed by atoms with Crippen LogP contribution in [0.2, 0.25) is 0 Å². The number of benzene rings is 3. The Hall–Kier alpha value is -6.13. The molecule has 0 amide bonds. The van der Waals surface area contributed by atoms with Crippen molar-refractivity contribution in [1.29, 1.82) is 0 Å². The van der Waals surface area contributed by atoms with Crippen LogP contribution in [-0.4, -0.2) is 27.3 Å². The summed E-state index contributed by atoms with van der Waals surface area (Å²) >= 11 is 0. The molecule has 4 heteroatoms. The maximum atomic E-state index is 7.30. The molecule has 60 heavy (non-hydrogen) atoms. The van der Waals surface area contributed by atoms with Crippen LogP contribution in [0.4, 0.5) is 5.69 Å². The second kappa shape index (κ2) is 12.7. The lowest BCUT2D eigenvalue weighted by Crippen LogP contribution is -2.71. The molecule has 0 saturated carbocycles. The summed E-state index contributed by atoms with van der Waals surface area (Å²) in [6, 6.07) is 27.4. The molecule has 1 aromatic heterocycles. The number of furan rings is 1. The van der Waals surface area contributed by atoms with Crippen molar-refractivity contribution >= 4 is 22.9 Å². The summed E-state index contributed by atoms with van der Waals surface area (Å²) < 4.78 is 10.0. The van der Waals surface area contributed by atoms with E-state index in [1.807, 2.05) is 0 Å². The maximum absolute atomic E-state index is 7.30. The molecule has 8 atom stereocenters. The molecule has 13 rings (SSSR count). The first-order valence-corrected chi connectivity index (χ1v) is 22.3. The molecule has 5 aliphatic carbocycles. The second-order valence-corrected chi connectivity index (χ2v) is 18.6. The lowest BCUT2D eigenvalue weighted by Gasteiger charge is -2.61. The molecule has 0 N–H and O–H groups in total. The van der Waals surface area contributed by atoms with Gasteiger partial charge in [-0.05, 0) is 103 Å². The van der Waals surface area contributed by atoms with Crippen molar-refractivity contribution in [1.82, 2.24) is 4.90 Å². The van der Waals surface area contributed by atoms with Gasteiger partial charge in [-0.1, -0.05) is 121 Å². The van der Waals surface area contributed by atoms with Gasteiger partial charge in [0.25, 0.3) is 0 Å². The van der Waals surface area contributed by atoms with Gasteiger partial charge in [-0.3, -0.25) is 0 Å². The summed E-state index contributed by atoms with van der Waals surface area (Å²) in [6.45, 7) is 5.06. The summed E-state index contributed by atoms with van der Waals surface area (Å²) in [7, 11) is 0. The summed E-state index contributed by atoms with van der Waals surface area (Å²) in [5, 5.41) is 1.25. The lowest BCUT2D eigenvalue weighted by atomic mass is 9.45. The van der Waals surface area contributed by atoms with E-state index in [0.717, 1.165) is 43.4 Å². The summed E-state index contributed by atoms with van der Waals surface area (Å²) in [5.41, 5.74) is 14.1. The van der Waals surface area contributed by atoms with E-state index in [-0.39, 0.29) is 23.2 Å². The number of nitrogens with zero attached hydrogens (tertiary/aromatic N) is 3. The van der Waals surface area contributed by atoms with Crippen molar-refractivity contribution in [3.05, 3.63) is 209 Å². The predicted molar refractivity (Wildman–Crippen MR) is 243 cm³/mol. The SMILES string of the molecule is CC12C=C(C3c4oc5ccc(C6C=CC(C7=CCCC=C7)=CC6)cc5c4C4N(c5ccc(-c6ccccc6)cc5)C5=C(C=CCC5)N34)C1(C)[N+]1=CC=CC1C1C=CC=CC12. The van der Waals surface area contributed by atoms with E-state index in [1.165, 1.54) is 61.4 Å². The lowest BCUT2D eigenvalue weighted by molar-refractivity contribution is -0.655. The molecule has 294 valence electrons. The number of allylic oxidation sites excluding steroid dienone is 15. The fourth-order valence-corrected chi connectivity index (χ4v) is 12.8. The van der Waals surface area contributed by atoms with Crippen molar-refractivity contribution in [2.24, 2.45) is 17.3 Å². The van der Waals surface area contributed by atoms with Gasteiger partial charge >= 0.3 is 0 Å². The molecule has 0 radical (unpaired) electrons. The highest BCUT2D eigenvalue weighted by Crippen LogP contribution is 2.69. The molecule has 4 nitrogen and oxygen atoms in total. The standard InChI is InChI=1S/C56H50N3O/c1-55-35-46(56(55,2)57-33-13-22-47(57)43-18-9-10-19-45(43)55)52-53-51(44-34-41(29-32-50(44)60-53)40-25-23-38(24-26-40)36-14-5-3-6-15-36)54-58(48-20-11-12-21-49(48)59(52)54)42-30-27-39(28-31-42)37-16-7-4-8-17-37/h4-5,7-10,12-19,21-25,27-35,40,43,45,47,52,54H,3,6,11,20,26H2,1-2H3/q+1. The maximum Gasteiger partial charge on any atom is 0.193 e. The monoisotopic (exact) mass is 780 g/mol. The van der Waals surface area contributed by atoms with Crippen LogP contribution in [0.25, 0.3) is 22.1 Å². The summed E-state index contributed by atoms with van der Waals surface area (Å²) in [4.78, 5) is 5.43. The fourth-order valence-electron chi connectivity index (χ4n) is 12.8. The number of rotatable bonds is 5. The Bertz CT molecular complexity index is 2870. The number of fused-ring (bicyclic) bond motifs is 12. The largest absolute Gasteiger partial charge is 0.458 e. The van der Waals surface area contributed by atoms with E-state index in [9.17, 15) is 0 Å². The van der Waals surface area contributed by atoms with Gasteiger partial charge in [0.05, 0.1) is 17.0 Å². The molecule has 0 spiro atoms. The second-order valence-electron chi connectivity index (χ2n) is 18.6. The average molecular weight is 781 g/mol. The third kappa shape index (κ3) is 4.60. The van der Waals surface area contributed by atoms with Gasteiger partial charge in [0.1, 0.15) is 23.6 Å². The zero-order chi connectivity index (χ0) is 39.7. The normalized spacial score (nSPS) is 32.5. The minimum absolute atomic E-state index is 0.0306. The van der Waals surface area contributed by atoms with Gasteiger partial charge in [0.15, 0.2) is 17.8 Å². The molecule has 3 aromatic carbocycles. The molecular weight excluding hydrogens is 731 g/mol. The van der Waals surface area contributed by atoms with Crippen LogP contribution in [0.15, 0.2) is 196 Å². The van der Waals surface area contributed by atoms with Gasteiger partial charge in [0.2, 0.25) is 0 Å². The number of hydrogen-bond donors (Lipinski definition) is 0. The van der Waals surface area contributed by atoms with E-state index < -0.39 is 0 Å². The number of hydrogen-bond acceptors (Lipinski definition) is 3. The molecule has 4 aliphatic heterocycles.